The van der Waals surface area contributed by atoms with E-state index in [1.807, 2.05) is 0 Å². The molecule has 0 unspecified atom stereocenters. The fraction of sp³-hybridized carbons (Fsp3) is 0.625. The second-order valence-electron chi connectivity index (χ2n) is 3.71. The molecule has 0 radical (unpaired) electrons. The predicted molar refractivity (Wildman–Crippen MR) is 57.1 cm³/mol. The normalized spacial score (nSPS) is 17.5. The first-order valence-electron chi connectivity index (χ1n) is 4.55. The first kappa shape index (κ1) is 10.9. The molecule has 1 aromatic heterocycles. The molecule has 2 rings (SSSR count). The molecule has 0 saturated heterocycles. The summed E-state index contributed by atoms with van der Waals surface area (Å²) < 4.78 is 0. The summed E-state index contributed by atoms with van der Waals surface area (Å²) in [6.07, 6.45) is 2.03. The van der Waals surface area contributed by atoms with Gasteiger partial charge in [-0.3, -0.25) is 0 Å². The Bertz CT molecular complexity index is 349. The molecule has 0 spiro atoms. The predicted octanol–water partition coefficient (Wildman–Crippen LogP) is 1.36. The highest BCUT2D eigenvalue weighted by molar-refractivity contribution is 6.31. The molecular formula is C8H10Cl2N4O. The van der Waals surface area contributed by atoms with Gasteiger partial charge in [0.1, 0.15) is 0 Å². The summed E-state index contributed by atoms with van der Waals surface area (Å²) in [6, 6.07) is 0. The number of nitrogens with zero attached hydrogens (tertiary/aromatic N) is 3. The van der Waals surface area contributed by atoms with Crippen molar-refractivity contribution in [1.29, 1.82) is 0 Å². The van der Waals surface area contributed by atoms with Crippen LogP contribution in [-0.4, -0.2) is 33.2 Å². The van der Waals surface area contributed by atoms with Crippen LogP contribution in [0.2, 0.25) is 10.6 Å². The third kappa shape index (κ3) is 2.68. The second-order valence-corrected chi connectivity index (χ2v) is 4.38. The molecule has 15 heavy (non-hydrogen) atoms. The number of anilines is 1. The Hall–Kier alpha value is -0.650. The maximum absolute atomic E-state index is 9.10. The zero-order valence-electron chi connectivity index (χ0n) is 7.87. The quantitative estimate of drug-likeness (QED) is 0.843. The van der Waals surface area contributed by atoms with Gasteiger partial charge in [0.15, 0.2) is 0 Å². The molecule has 0 amide bonds. The summed E-state index contributed by atoms with van der Waals surface area (Å²) in [5.74, 6) is 0.347. The van der Waals surface area contributed by atoms with Crippen molar-refractivity contribution < 1.29 is 5.11 Å². The lowest BCUT2D eigenvalue weighted by molar-refractivity contribution is 0.219. The molecule has 1 fully saturated rings. The van der Waals surface area contributed by atoms with E-state index in [1.165, 1.54) is 0 Å². The molecule has 82 valence electrons. The molecule has 7 heteroatoms. The van der Waals surface area contributed by atoms with Crippen LogP contribution in [0.25, 0.3) is 0 Å². The average molecular weight is 249 g/mol. The zero-order valence-corrected chi connectivity index (χ0v) is 9.39. The maximum atomic E-state index is 9.10. The van der Waals surface area contributed by atoms with Crippen molar-refractivity contribution in [3.05, 3.63) is 10.6 Å². The lowest BCUT2D eigenvalue weighted by Crippen LogP contribution is -2.20. The minimum atomic E-state index is -0.00835. The lowest BCUT2D eigenvalue weighted by atomic mass is 10.1. The van der Waals surface area contributed by atoms with E-state index in [0.717, 1.165) is 12.8 Å². The topological polar surface area (TPSA) is 70.9 Å². The van der Waals surface area contributed by atoms with Gasteiger partial charge in [-0.1, -0.05) is 0 Å². The van der Waals surface area contributed by atoms with Crippen molar-refractivity contribution in [2.75, 3.05) is 18.5 Å². The van der Waals surface area contributed by atoms with Gasteiger partial charge in [-0.15, -0.1) is 0 Å². The highest BCUT2D eigenvalue weighted by Crippen LogP contribution is 2.44. The summed E-state index contributed by atoms with van der Waals surface area (Å²) in [5.41, 5.74) is -0.00835. The minimum Gasteiger partial charge on any atom is -0.396 e. The first-order valence-corrected chi connectivity index (χ1v) is 5.31. The largest absolute Gasteiger partial charge is 0.396 e. The Balaban J connectivity index is 1.99. The van der Waals surface area contributed by atoms with Crippen molar-refractivity contribution in [1.82, 2.24) is 15.0 Å². The van der Waals surface area contributed by atoms with Gasteiger partial charge in [-0.2, -0.15) is 15.0 Å². The van der Waals surface area contributed by atoms with E-state index in [4.69, 9.17) is 28.3 Å². The average Bonchev–Trinajstić information content (AvgIpc) is 2.94. The van der Waals surface area contributed by atoms with Crippen molar-refractivity contribution in [3.63, 3.8) is 0 Å². The third-order valence-electron chi connectivity index (χ3n) is 2.49. The van der Waals surface area contributed by atoms with E-state index in [9.17, 15) is 0 Å². The molecule has 5 nitrogen and oxygen atoms in total. The van der Waals surface area contributed by atoms with Gasteiger partial charge in [-0.25, -0.2) is 0 Å². The van der Waals surface area contributed by atoms with E-state index in [2.05, 4.69) is 20.3 Å². The second kappa shape index (κ2) is 4.08. The first-order chi connectivity index (χ1) is 7.13. The number of aromatic nitrogens is 3. The molecule has 2 N–H and O–H groups in total. The van der Waals surface area contributed by atoms with Crippen molar-refractivity contribution >= 4 is 29.2 Å². The van der Waals surface area contributed by atoms with Crippen LogP contribution in [0.15, 0.2) is 0 Å². The van der Waals surface area contributed by atoms with Gasteiger partial charge in [0, 0.05) is 12.0 Å². The number of aliphatic hydroxyl groups excluding tert-OH is 1. The standard InChI is InChI=1S/C8H10Cl2N4O/c9-5-12-6(10)14-7(13-5)11-3-8(4-15)1-2-8/h15H,1-4H2,(H,11,12,13,14). The van der Waals surface area contributed by atoms with Crippen LogP contribution in [-0.2, 0) is 0 Å². The summed E-state index contributed by atoms with van der Waals surface area (Å²) >= 11 is 11.2. The van der Waals surface area contributed by atoms with Crippen LogP contribution < -0.4 is 5.32 Å². The minimum absolute atomic E-state index is 0.00835. The molecular weight excluding hydrogens is 239 g/mol. The molecule has 1 heterocycles. The molecule has 0 aliphatic heterocycles. The van der Waals surface area contributed by atoms with E-state index in [0.29, 0.717) is 12.5 Å². The Morgan fingerprint density at radius 3 is 2.27 bits per heavy atom. The monoisotopic (exact) mass is 248 g/mol. The van der Waals surface area contributed by atoms with E-state index in [1.54, 1.807) is 0 Å². The third-order valence-corrected chi connectivity index (χ3v) is 2.83. The van der Waals surface area contributed by atoms with Crippen LogP contribution >= 0.6 is 23.2 Å². The zero-order chi connectivity index (χ0) is 10.9. The van der Waals surface area contributed by atoms with Gasteiger partial charge in [0.05, 0.1) is 6.61 Å². The van der Waals surface area contributed by atoms with E-state index >= 15 is 0 Å². The van der Waals surface area contributed by atoms with Gasteiger partial charge in [-0.05, 0) is 36.0 Å². The molecule has 0 atom stereocenters. The molecule has 1 saturated carbocycles. The molecule has 1 aromatic rings. The fourth-order valence-corrected chi connectivity index (χ4v) is 1.60. The summed E-state index contributed by atoms with van der Waals surface area (Å²) in [7, 11) is 0. The van der Waals surface area contributed by atoms with E-state index in [-0.39, 0.29) is 22.6 Å². The Labute approximate surface area is 96.9 Å². The number of nitrogens with one attached hydrogen (secondary N) is 1. The van der Waals surface area contributed by atoms with Crippen LogP contribution in [0.5, 0.6) is 0 Å². The van der Waals surface area contributed by atoms with Gasteiger partial charge in [0.2, 0.25) is 16.5 Å². The lowest BCUT2D eigenvalue weighted by Gasteiger charge is -2.12. The Kier molecular flexibility index (Phi) is 2.95. The van der Waals surface area contributed by atoms with Crippen molar-refractivity contribution in [2.45, 2.75) is 12.8 Å². The summed E-state index contributed by atoms with van der Waals surface area (Å²) in [5, 5.41) is 12.2. The fourth-order valence-electron chi connectivity index (χ4n) is 1.24. The molecule has 0 bridgehead atoms. The number of aliphatic hydroxyl groups is 1. The molecule has 1 aliphatic rings. The van der Waals surface area contributed by atoms with Crippen LogP contribution in [0.4, 0.5) is 5.95 Å². The van der Waals surface area contributed by atoms with Crippen LogP contribution in [0.3, 0.4) is 0 Å². The van der Waals surface area contributed by atoms with Crippen LogP contribution in [0, 0.1) is 5.41 Å². The smallest absolute Gasteiger partial charge is 0.228 e. The Morgan fingerprint density at radius 1 is 1.20 bits per heavy atom. The van der Waals surface area contributed by atoms with Gasteiger partial charge in [0.25, 0.3) is 0 Å². The van der Waals surface area contributed by atoms with Gasteiger partial charge < -0.3 is 10.4 Å². The Morgan fingerprint density at radius 2 is 1.80 bits per heavy atom. The number of hydrogen-bond acceptors (Lipinski definition) is 5. The number of halogens is 2. The number of rotatable bonds is 4. The number of hydrogen-bond donors (Lipinski definition) is 2. The maximum Gasteiger partial charge on any atom is 0.228 e. The molecule has 0 aromatic carbocycles. The van der Waals surface area contributed by atoms with Crippen LogP contribution in [0.1, 0.15) is 12.8 Å². The van der Waals surface area contributed by atoms with E-state index < -0.39 is 0 Å². The van der Waals surface area contributed by atoms with Gasteiger partial charge >= 0.3 is 0 Å². The summed E-state index contributed by atoms with van der Waals surface area (Å²) in [4.78, 5) is 11.4. The summed E-state index contributed by atoms with van der Waals surface area (Å²) in [6.45, 7) is 0.798. The highest BCUT2D eigenvalue weighted by Gasteiger charge is 2.41. The highest BCUT2D eigenvalue weighted by atomic mass is 35.5. The van der Waals surface area contributed by atoms with Crippen molar-refractivity contribution in [3.8, 4) is 0 Å². The molecule has 1 aliphatic carbocycles. The van der Waals surface area contributed by atoms with Crippen molar-refractivity contribution in [2.24, 2.45) is 5.41 Å². The SMILES string of the molecule is OCC1(CNc2nc(Cl)nc(Cl)n2)CC1.